The summed E-state index contributed by atoms with van der Waals surface area (Å²) in [7, 11) is 0. The standard InChI is InChI=1S/C33H48O2/c1-6-7-14-25(26-19-23(2)21-28(30(26)34)32(4)15-10-8-11-16-32)27-20-24(3)22-29(31(27)35)33(5)17-12-9-13-18-33/h19-22,25,34-35H,6-18H2,1-5H3. The van der Waals surface area contributed by atoms with E-state index < -0.39 is 0 Å². The second kappa shape index (κ2) is 10.6. The molecule has 0 bridgehead atoms. The zero-order chi connectivity index (χ0) is 25.2. The molecule has 0 amide bonds. The van der Waals surface area contributed by atoms with Gasteiger partial charge in [0.1, 0.15) is 11.5 Å². The van der Waals surface area contributed by atoms with Gasteiger partial charge in [0.25, 0.3) is 0 Å². The van der Waals surface area contributed by atoms with Crippen LogP contribution in [0.3, 0.4) is 0 Å². The highest BCUT2D eigenvalue weighted by Gasteiger charge is 2.36. The van der Waals surface area contributed by atoms with Crippen molar-refractivity contribution in [3.05, 3.63) is 57.6 Å². The van der Waals surface area contributed by atoms with E-state index in [-0.39, 0.29) is 16.7 Å². The van der Waals surface area contributed by atoms with Crippen LogP contribution in [-0.4, -0.2) is 10.2 Å². The van der Waals surface area contributed by atoms with E-state index in [2.05, 4.69) is 58.9 Å². The van der Waals surface area contributed by atoms with Crippen molar-refractivity contribution < 1.29 is 10.2 Å². The van der Waals surface area contributed by atoms with Crippen molar-refractivity contribution in [2.24, 2.45) is 0 Å². The first kappa shape index (κ1) is 26.1. The van der Waals surface area contributed by atoms with E-state index in [4.69, 9.17) is 0 Å². The van der Waals surface area contributed by atoms with Crippen molar-refractivity contribution in [1.29, 1.82) is 0 Å². The normalized spacial score (nSPS) is 19.7. The van der Waals surface area contributed by atoms with Crippen molar-refractivity contribution in [3.8, 4) is 11.5 Å². The topological polar surface area (TPSA) is 40.5 Å². The molecule has 0 unspecified atom stereocenters. The molecule has 4 rings (SSSR count). The number of unbranched alkanes of at least 4 members (excludes halogenated alkanes) is 1. The molecule has 0 radical (unpaired) electrons. The molecule has 0 aliphatic heterocycles. The fourth-order valence-electron chi connectivity index (χ4n) is 7.15. The highest BCUT2D eigenvalue weighted by molar-refractivity contribution is 5.56. The van der Waals surface area contributed by atoms with Gasteiger partial charge in [-0.2, -0.15) is 0 Å². The van der Waals surface area contributed by atoms with Crippen LogP contribution in [0.4, 0.5) is 0 Å². The van der Waals surface area contributed by atoms with Crippen molar-refractivity contribution >= 4 is 0 Å². The number of phenolic OH excluding ortho intramolecular Hbond substituents is 2. The van der Waals surface area contributed by atoms with Crippen molar-refractivity contribution in [3.63, 3.8) is 0 Å². The summed E-state index contributed by atoms with van der Waals surface area (Å²) in [6.45, 7) is 11.3. The van der Waals surface area contributed by atoms with E-state index in [0.717, 1.165) is 67.2 Å². The van der Waals surface area contributed by atoms with Gasteiger partial charge in [0.2, 0.25) is 0 Å². The molecule has 0 saturated heterocycles. The van der Waals surface area contributed by atoms with Crippen LogP contribution in [0, 0.1) is 13.8 Å². The third-order valence-electron chi connectivity index (χ3n) is 9.38. The van der Waals surface area contributed by atoms with E-state index in [1.54, 1.807) is 0 Å². The van der Waals surface area contributed by atoms with Crippen LogP contribution in [-0.2, 0) is 10.8 Å². The number of aromatic hydroxyl groups is 2. The fraction of sp³-hybridized carbons (Fsp3) is 0.636. The molecule has 2 aromatic carbocycles. The third kappa shape index (κ3) is 5.27. The number of rotatable bonds is 7. The van der Waals surface area contributed by atoms with Crippen LogP contribution < -0.4 is 0 Å². The molecular formula is C33H48O2. The SMILES string of the molecule is CCCCC(c1cc(C)cc(C2(C)CCCCC2)c1O)c1cc(C)cc(C2(C)CCCCC2)c1O. The minimum Gasteiger partial charge on any atom is -0.507 e. The molecule has 2 heteroatoms. The van der Waals surface area contributed by atoms with Crippen molar-refractivity contribution in [1.82, 2.24) is 0 Å². The summed E-state index contributed by atoms with van der Waals surface area (Å²) in [6, 6.07) is 8.83. The second-order valence-corrected chi connectivity index (χ2v) is 12.4. The lowest BCUT2D eigenvalue weighted by atomic mass is 9.68. The Kier molecular flexibility index (Phi) is 7.89. The van der Waals surface area contributed by atoms with Gasteiger partial charge in [-0.05, 0) is 56.8 Å². The largest absolute Gasteiger partial charge is 0.507 e. The van der Waals surface area contributed by atoms with Gasteiger partial charge in [-0.3, -0.25) is 0 Å². The van der Waals surface area contributed by atoms with E-state index >= 15 is 0 Å². The first-order valence-electron chi connectivity index (χ1n) is 14.4. The summed E-state index contributed by atoms with van der Waals surface area (Å²) < 4.78 is 0. The van der Waals surface area contributed by atoms with Crippen LogP contribution in [0.2, 0.25) is 0 Å². The molecule has 0 atom stereocenters. The lowest BCUT2D eigenvalue weighted by molar-refractivity contribution is 0.305. The molecule has 0 heterocycles. The molecule has 35 heavy (non-hydrogen) atoms. The Bertz CT molecular complexity index is 942. The Labute approximate surface area is 214 Å². The van der Waals surface area contributed by atoms with Gasteiger partial charge < -0.3 is 10.2 Å². The molecule has 2 nitrogen and oxygen atoms in total. The molecule has 2 aromatic rings. The molecule has 192 valence electrons. The first-order valence-corrected chi connectivity index (χ1v) is 14.4. The number of benzene rings is 2. The first-order chi connectivity index (χ1) is 16.7. The highest BCUT2D eigenvalue weighted by Crippen LogP contribution is 2.50. The average molecular weight is 477 g/mol. The lowest BCUT2D eigenvalue weighted by Crippen LogP contribution is -2.26. The number of hydrogen-bond donors (Lipinski definition) is 2. The van der Waals surface area contributed by atoms with Crippen LogP contribution in [0.1, 0.15) is 144 Å². The molecular weight excluding hydrogens is 428 g/mol. The maximum absolute atomic E-state index is 11.8. The highest BCUT2D eigenvalue weighted by atomic mass is 16.3. The summed E-state index contributed by atoms with van der Waals surface area (Å²) in [4.78, 5) is 0. The van der Waals surface area contributed by atoms with Crippen LogP contribution in [0.25, 0.3) is 0 Å². The zero-order valence-corrected chi connectivity index (χ0v) is 23.0. The van der Waals surface area contributed by atoms with Gasteiger partial charge in [-0.1, -0.05) is 108 Å². The van der Waals surface area contributed by atoms with Crippen molar-refractivity contribution in [2.75, 3.05) is 0 Å². The Balaban J connectivity index is 1.86. The average Bonchev–Trinajstić information content (AvgIpc) is 2.83. The Morgan fingerprint density at radius 2 is 1.09 bits per heavy atom. The predicted octanol–water partition coefficient (Wildman–Crippen LogP) is 9.48. The van der Waals surface area contributed by atoms with Gasteiger partial charge in [-0.25, -0.2) is 0 Å². The molecule has 2 aliphatic carbocycles. The summed E-state index contributed by atoms with van der Waals surface area (Å²) in [6.07, 6.45) is 15.2. The maximum Gasteiger partial charge on any atom is 0.123 e. The monoisotopic (exact) mass is 476 g/mol. The second-order valence-electron chi connectivity index (χ2n) is 12.4. The molecule has 0 spiro atoms. The fourth-order valence-corrected chi connectivity index (χ4v) is 7.15. The van der Waals surface area contributed by atoms with Crippen LogP contribution >= 0.6 is 0 Å². The van der Waals surface area contributed by atoms with Gasteiger partial charge in [0.15, 0.2) is 0 Å². The molecule has 2 saturated carbocycles. The van der Waals surface area contributed by atoms with E-state index in [1.165, 1.54) is 49.7 Å². The molecule has 0 aromatic heterocycles. The minimum absolute atomic E-state index is 0.00614. The van der Waals surface area contributed by atoms with Gasteiger partial charge in [-0.15, -0.1) is 0 Å². The molecule has 2 aliphatic rings. The smallest absolute Gasteiger partial charge is 0.123 e. The molecule has 2 fully saturated rings. The third-order valence-corrected chi connectivity index (χ3v) is 9.38. The van der Waals surface area contributed by atoms with Gasteiger partial charge >= 0.3 is 0 Å². The Morgan fingerprint density at radius 3 is 1.46 bits per heavy atom. The summed E-state index contributed by atoms with van der Waals surface area (Å²) in [5, 5.41) is 23.6. The van der Waals surface area contributed by atoms with E-state index in [1.807, 2.05) is 0 Å². The summed E-state index contributed by atoms with van der Waals surface area (Å²) in [5.41, 5.74) is 6.78. The number of aryl methyl sites for hydroxylation is 2. The Hall–Kier alpha value is -1.96. The number of hydrogen-bond acceptors (Lipinski definition) is 2. The summed E-state index contributed by atoms with van der Waals surface area (Å²) >= 11 is 0. The Morgan fingerprint density at radius 1 is 0.686 bits per heavy atom. The molecule has 2 N–H and O–H groups in total. The van der Waals surface area contributed by atoms with E-state index in [9.17, 15) is 10.2 Å². The zero-order valence-electron chi connectivity index (χ0n) is 23.0. The maximum atomic E-state index is 11.8. The quantitative estimate of drug-likeness (QED) is 0.418. The lowest BCUT2D eigenvalue weighted by Gasteiger charge is -2.37. The van der Waals surface area contributed by atoms with Gasteiger partial charge in [0.05, 0.1) is 0 Å². The number of phenols is 2. The van der Waals surface area contributed by atoms with Crippen molar-refractivity contribution in [2.45, 2.75) is 135 Å². The van der Waals surface area contributed by atoms with E-state index in [0.29, 0.717) is 11.5 Å². The van der Waals surface area contributed by atoms with Gasteiger partial charge in [0, 0.05) is 28.2 Å². The predicted molar refractivity (Wildman–Crippen MR) is 148 cm³/mol. The van der Waals surface area contributed by atoms with Crippen LogP contribution in [0.5, 0.6) is 11.5 Å². The summed E-state index contributed by atoms with van der Waals surface area (Å²) in [5.74, 6) is 0.964. The van der Waals surface area contributed by atoms with Crippen LogP contribution in [0.15, 0.2) is 24.3 Å². The minimum atomic E-state index is 0.00614.